The lowest BCUT2D eigenvalue weighted by Gasteiger charge is -2.01. The van der Waals surface area contributed by atoms with Crippen LogP contribution in [0.2, 0.25) is 0 Å². The van der Waals surface area contributed by atoms with E-state index in [0.717, 1.165) is 21.9 Å². The van der Waals surface area contributed by atoms with Crippen LogP contribution >= 0.6 is 11.3 Å². The van der Waals surface area contributed by atoms with Crippen molar-refractivity contribution in [1.29, 1.82) is 0 Å². The van der Waals surface area contributed by atoms with Gasteiger partial charge in [0, 0.05) is 17.1 Å². The lowest BCUT2D eigenvalue weighted by atomic mass is 10.1. The zero-order valence-electron chi connectivity index (χ0n) is 8.64. The number of rotatable bonds is 1. The summed E-state index contributed by atoms with van der Waals surface area (Å²) in [6, 6.07) is 6.51. The minimum atomic E-state index is -0.215. The third-order valence-corrected chi connectivity index (χ3v) is 3.31. The molecule has 4 heteroatoms. The fraction of sp³-hybridized carbons (Fsp3) is 0.0833. The Hall–Kier alpha value is -1.68. The minimum Gasteiger partial charge on any atom is -0.290 e. The lowest BCUT2D eigenvalue weighted by molar-refractivity contribution is 0.628. The van der Waals surface area contributed by atoms with Crippen molar-refractivity contribution in [1.82, 2.24) is 9.38 Å². The van der Waals surface area contributed by atoms with Crippen molar-refractivity contribution in [2.24, 2.45) is 0 Å². The van der Waals surface area contributed by atoms with Gasteiger partial charge >= 0.3 is 0 Å². The van der Waals surface area contributed by atoms with Gasteiger partial charge in [0.25, 0.3) is 0 Å². The maximum Gasteiger partial charge on any atom is 0.194 e. The molecular formula is C12H9FN2S. The summed E-state index contributed by atoms with van der Waals surface area (Å²) < 4.78 is 14.9. The number of thiazole rings is 1. The number of nitrogens with zero attached hydrogens (tertiary/aromatic N) is 2. The Morgan fingerprint density at radius 1 is 1.25 bits per heavy atom. The molecule has 0 bridgehead atoms. The Kier molecular flexibility index (Phi) is 2.04. The highest BCUT2D eigenvalue weighted by molar-refractivity contribution is 7.15. The summed E-state index contributed by atoms with van der Waals surface area (Å²) in [5.74, 6) is -0.215. The molecule has 0 amide bonds. The van der Waals surface area contributed by atoms with Crippen molar-refractivity contribution in [3.63, 3.8) is 0 Å². The second-order valence-electron chi connectivity index (χ2n) is 3.61. The molecule has 2 nitrogen and oxygen atoms in total. The number of aromatic nitrogens is 2. The van der Waals surface area contributed by atoms with Crippen molar-refractivity contribution in [3.8, 4) is 11.3 Å². The SMILES string of the molecule is Cc1nc2sccn2c1-c1ccc(F)cc1. The van der Waals surface area contributed by atoms with Gasteiger partial charge < -0.3 is 0 Å². The maximum atomic E-state index is 12.9. The zero-order valence-corrected chi connectivity index (χ0v) is 9.46. The first-order valence-electron chi connectivity index (χ1n) is 4.94. The predicted molar refractivity (Wildman–Crippen MR) is 63.2 cm³/mol. The Labute approximate surface area is 96.0 Å². The van der Waals surface area contributed by atoms with Crippen molar-refractivity contribution in [3.05, 3.63) is 47.4 Å². The third kappa shape index (κ3) is 1.34. The molecule has 1 aromatic carbocycles. The highest BCUT2D eigenvalue weighted by Gasteiger charge is 2.11. The summed E-state index contributed by atoms with van der Waals surface area (Å²) in [5.41, 5.74) is 3.00. The topological polar surface area (TPSA) is 17.3 Å². The number of halogens is 1. The summed E-state index contributed by atoms with van der Waals surface area (Å²) in [6.07, 6.45) is 1.98. The van der Waals surface area contributed by atoms with Gasteiger partial charge in [-0.05, 0) is 31.2 Å². The lowest BCUT2D eigenvalue weighted by Crippen LogP contribution is -1.86. The summed E-state index contributed by atoms with van der Waals surface area (Å²) in [4.78, 5) is 5.43. The molecule has 0 unspecified atom stereocenters. The highest BCUT2D eigenvalue weighted by Crippen LogP contribution is 2.26. The van der Waals surface area contributed by atoms with Crippen LogP contribution in [-0.4, -0.2) is 9.38 Å². The second-order valence-corrected chi connectivity index (χ2v) is 4.48. The molecule has 3 rings (SSSR count). The number of benzene rings is 1. The van der Waals surface area contributed by atoms with Gasteiger partial charge in [0.05, 0.1) is 11.4 Å². The molecule has 3 aromatic rings. The van der Waals surface area contributed by atoms with Gasteiger partial charge in [0.2, 0.25) is 0 Å². The van der Waals surface area contributed by atoms with E-state index in [2.05, 4.69) is 4.98 Å². The standard InChI is InChI=1S/C12H9FN2S/c1-8-11(9-2-4-10(13)5-3-9)15-6-7-16-12(15)14-8/h2-7H,1H3. The molecule has 0 N–H and O–H groups in total. The number of aryl methyl sites for hydroxylation is 1. The second kappa shape index (κ2) is 3.42. The predicted octanol–water partition coefficient (Wildman–Crippen LogP) is 3.51. The van der Waals surface area contributed by atoms with E-state index < -0.39 is 0 Å². The van der Waals surface area contributed by atoms with Gasteiger partial charge in [-0.15, -0.1) is 11.3 Å². The first kappa shape index (κ1) is 9.54. The molecule has 16 heavy (non-hydrogen) atoms. The molecular weight excluding hydrogens is 223 g/mol. The summed E-state index contributed by atoms with van der Waals surface area (Å²) in [7, 11) is 0. The Morgan fingerprint density at radius 2 is 2.00 bits per heavy atom. The van der Waals surface area contributed by atoms with Gasteiger partial charge in [0.15, 0.2) is 4.96 Å². The molecule has 0 radical (unpaired) electrons. The largest absolute Gasteiger partial charge is 0.290 e. The molecule has 2 aromatic heterocycles. The Bertz CT molecular complexity index is 637. The molecule has 2 heterocycles. The van der Waals surface area contributed by atoms with Crippen LogP contribution in [-0.2, 0) is 0 Å². The normalized spacial score (nSPS) is 11.1. The van der Waals surface area contributed by atoms with E-state index in [9.17, 15) is 4.39 Å². The summed E-state index contributed by atoms with van der Waals surface area (Å²) in [6.45, 7) is 1.97. The van der Waals surface area contributed by atoms with Gasteiger partial charge in [-0.2, -0.15) is 0 Å². The maximum absolute atomic E-state index is 12.9. The van der Waals surface area contributed by atoms with Gasteiger partial charge in [0.1, 0.15) is 5.82 Å². The fourth-order valence-electron chi connectivity index (χ4n) is 1.85. The van der Waals surface area contributed by atoms with Crippen LogP contribution in [0.5, 0.6) is 0 Å². The van der Waals surface area contributed by atoms with E-state index in [4.69, 9.17) is 0 Å². The highest BCUT2D eigenvalue weighted by atomic mass is 32.1. The molecule has 0 atom stereocenters. The van der Waals surface area contributed by atoms with Crippen molar-refractivity contribution >= 4 is 16.3 Å². The average Bonchev–Trinajstić information content (AvgIpc) is 2.79. The van der Waals surface area contributed by atoms with Crippen LogP contribution in [0.25, 0.3) is 16.2 Å². The minimum absolute atomic E-state index is 0.215. The fourth-order valence-corrected chi connectivity index (χ4v) is 2.61. The van der Waals surface area contributed by atoms with E-state index in [0.29, 0.717) is 0 Å². The molecule has 0 aliphatic rings. The number of imidazole rings is 1. The van der Waals surface area contributed by atoms with Crippen LogP contribution < -0.4 is 0 Å². The smallest absolute Gasteiger partial charge is 0.194 e. The van der Waals surface area contributed by atoms with E-state index in [1.807, 2.05) is 22.9 Å². The molecule has 0 saturated heterocycles. The average molecular weight is 232 g/mol. The van der Waals surface area contributed by atoms with Crippen LogP contribution in [0.15, 0.2) is 35.8 Å². The molecule has 0 aliphatic heterocycles. The number of hydrogen-bond acceptors (Lipinski definition) is 2. The van der Waals surface area contributed by atoms with Gasteiger partial charge in [-0.3, -0.25) is 4.40 Å². The molecule has 0 saturated carbocycles. The van der Waals surface area contributed by atoms with Crippen LogP contribution in [0.1, 0.15) is 5.69 Å². The zero-order chi connectivity index (χ0) is 11.1. The van der Waals surface area contributed by atoms with Gasteiger partial charge in [-0.25, -0.2) is 9.37 Å². The summed E-state index contributed by atoms with van der Waals surface area (Å²) >= 11 is 1.60. The van der Waals surface area contributed by atoms with Crippen LogP contribution in [0, 0.1) is 12.7 Å². The van der Waals surface area contributed by atoms with Crippen LogP contribution in [0.3, 0.4) is 0 Å². The first-order valence-corrected chi connectivity index (χ1v) is 5.82. The molecule has 0 aliphatic carbocycles. The molecule has 80 valence electrons. The third-order valence-electron chi connectivity index (χ3n) is 2.55. The van der Waals surface area contributed by atoms with Gasteiger partial charge in [-0.1, -0.05) is 0 Å². The van der Waals surface area contributed by atoms with Crippen LogP contribution in [0.4, 0.5) is 4.39 Å². The Balaban J connectivity index is 2.28. The number of hydrogen-bond donors (Lipinski definition) is 0. The van der Waals surface area contributed by atoms with E-state index in [1.54, 1.807) is 23.5 Å². The van der Waals surface area contributed by atoms with Crippen molar-refractivity contribution in [2.75, 3.05) is 0 Å². The molecule has 0 fully saturated rings. The summed E-state index contributed by atoms with van der Waals surface area (Å²) in [5, 5.41) is 1.99. The quantitative estimate of drug-likeness (QED) is 0.627. The van der Waals surface area contributed by atoms with E-state index in [1.165, 1.54) is 12.1 Å². The number of fused-ring (bicyclic) bond motifs is 1. The first-order chi connectivity index (χ1) is 7.75. The monoisotopic (exact) mass is 232 g/mol. The van der Waals surface area contributed by atoms with E-state index in [-0.39, 0.29) is 5.82 Å². The Morgan fingerprint density at radius 3 is 2.75 bits per heavy atom. The van der Waals surface area contributed by atoms with E-state index >= 15 is 0 Å². The molecule has 0 spiro atoms. The van der Waals surface area contributed by atoms with Crippen molar-refractivity contribution < 1.29 is 4.39 Å². The van der Waals surface area contributed by atoms with Crippen molar-refractivity contribution in [2.45, 2.75) is 6.92 Å².